The SMILES string of the molecule is COc1ccc(CCN(C)CCc2ccccc2)cc1OC. The van der Waals surface area contributed by atoms with Crippen molar-refractivity contribution in [2.24, 2.45) is 0 Å². The van der Waals surface area contributed by atoms with Crippen molar-refractivity contribution < 1.29 is 9.47 Å². The lowest BCUT2D eigenvalue weighted by molar-refractivity contribution is 0.340. The molecule has 0 bridgehead atoms. The summed E-state index contributed by atoms with van der Waals surface area (Å²) in [5.41, 5.74) is 2.66. The highest BCUT2D eigenvalue weighted by molar-refractivity contribution is 5.42. The first kappa shape index (κ1) is 16.4. The van der Waals surface area contributed by atoms with Gasteiger partial charge in [0.15, 0.2) is 11.5 Å². The van der Waals surface area contributed by atoms with Gasteiger partial charge in [0.05, 0.1) is 14.2 Å². The average molecular weight is 299 g/mol. The lowest BCUT2D eigenvalue weighted by atomic mass is 10.1. The molecule has 3 nitrogen and oxygen atoms in total. The van der Waals surface area contributed by atoms with Crippen molar-refractivity contribution in [2.75, 3.05) is 34.4 Å². The molecule has 0 aliphatic carbocycles. The fourth-order valence-electron chi connectivity index (χ4n) is 2.43. The largest absolute Gasteiger partial charge is 0.493 e. The molecule has 0 atom stereocenters. The number of hydrogen-bond donors (Lipinski definition) is 0. The zero-order valence-corrected chi connectivity index (χ0v) is 13.7. The second-order valence-corrected chi connectivity index (χ2v) is 5.48. The molecule has 2 rings (SSSR count). The molecule has 0 fully saturated rings. The molecule has 0 saturated carbocycles. The zero-order chi connectivity index (χ0) is 15.8. The average Bonchev–Trinajstić information content (AvgIpc) is 2.58. The van der Waals surface area contributed by atoms with Gasteiger partial charge in [0.1, 0.15) is 0 Å². The van der Waals surface area contributed by atoms with E-state index in [0.29, 0.717) is 0 Å². The Hall–Kier alpha value is -2.00. The van der Waals surface area contributed by atoms with Crippen molar-refractivity contribution >= 4 is 0 Å². The van der Waals surface area contributed by atoms with E-state index < -0.39 is 0 Å². The smallest absolute Gasteiger partial charge is 0.160 e. The highest BCUT2D eigenvalue weighted by atomic mass is 16.5. The van der Waals surface area contributed by atoms with Gasteiger partial charge in [0, 0.05) is 13.1 Å². The summed E-state index contributed by atoms with van der Waals surface area (Å²) in [7, 11) is 5.51. The molecule has 0 aromatic heterocycles. The van der Waals surface area contributed by atoms with Gasteiger partial charge in [-0.05, 0) is 43.1 Å². The van der Waals surface area contributed by atoms with Gasteiger partial charge < -0.3 is 14.4 Å². The number of ether oxygens (including phenoxy) is 2. The predicted molar refractivity (Wildman–Crippen MR) is 90.9 cm³/mol. The van der Waals surface area contributed by atoms with Gasteiger partial charge in [0.2, 0.25) is 0 Å². The second-order valence-electron chi connectivity index (χ2n) is 5.48. The van der Waals surface area contributed by atoms with Crippen molar-refractivity contribution in [1.82, 2.24) is 4.90 Å². The van der Waals surface area contributed by atoms with Crippen molar-refractivity contribution in [1.29, 1.82) is 0 Å². The number of likely N-dealkylation sites (N-methyl/N-ethyl adjacent to an activating group) is 1. The van der Waals surface area contributed by atoms with Crippen LogP contribution in [0.25, 0.3) is 0 Å². The van der Waals surface area contributed by atoms with Gasteiger partial charge >= 0.3 is 0 Å². The summed E-state index contributed by atoms with van der Waals surface area (Å²) in [6.45, 7) is 2.10. The number of nitrogens with zero attached hydrogens (tertiary/aromatic N) is 1. The monoisotopic (exact) mass is 299 g/mol. The first-order valence-corrected chi connectivity index (χ1v) is 7.66. The molecule has 0 radical (unpaired) electrons. The highest BCUT2D eigenvalue weighted by Gasteiger charge is 2.06. The summed E-state index contributed by atoms with van der Waals surface area (Å²) >= 11 is 0. The maximum absolute atomic E-state index is 5.35. The van der Waals surface area contributed by atoms with Gasteiger partial charge in [-0.1, -0.05) is 36.4 Å². The van der Waals surface area contributed by atoms with Crippen LogP contribution in [0.1, 0.15) is 11.1 Å². The van der Waals surface area contributed by atoms with Gasteiger partial charge in [-0.2, -0.15) is 0 Å². The predicted octanol–water partition coefficient (Wildman–Crippen LogP) is 3.42. The van der Waals surface area contributed by atoms with Gasteiger partial charge in [-0.25, -0.2) is 0 Å². The van der Waals surface area contributed by atoms with Crippen LogP contribution in [-0.4, -0.2) is 39.3 Å². The van der Waals surface area contributed by atoms with Crippen LogP contribution >= 0.6 is 0 Å². The third-order valence-corrected chi connectivity index (χ3v) is 3.86. The Kier molecular flexibility index (Phi) is 6.28. The van der Waals surface area contributed by atoms with Crippen LogP contribution in [0.15, 0.2) is 48.5 Å². The Balaban J connectivity index is 1.82. The maximum Gasteiger partial charge on any atom is 0.160 e. The van der Waals surface area contributed by atoms with Gasteiger partial charge in [0.25, 0.3) is 0 Å². The summed E-state index contributed by atoms with van der Waals surface area (Å²) in [6.07, 6.45) is 2.09. The quantitative estimate of drug-likeness (QED) is 0.745. The molecule has 0 aliphatic rings. The molecule has 118 valence electrons. The normalized spacial score (nSPS) is 10.7. The third-order valence-electron chi connectivity index (χ3n) is 3.86. The summed E-state index contributed by atoms with van der Waals surface area (Å²) in [6, 6.07) is 16.8. The minimum absolute atomic E-state index is 0.781. The third kappa shape index (κ3) is 4.78. The van der Waals surface area contributed by atoms with E-state index >= 15 is 0 Å². The standard InChI is InChI=1S/C19H25NO2/c1-20(13-11-16-7-5-4-6-8-16)14-12-17-9-10-18(21-2)19(15-17)22-3/h4-10,15H,11-14H2,1-3H3. The Morgan fingerprint density at radius 3 is 2.05 bits per heavy atom. The van der Waals surface area contributed by atoms with Crippen molar-refractivity contribution in [3.05, 3.63) is 59.7 Å². The minimum atomic E-state index is 0.781. The van der Waals surface area contributed by atoms with E-state index in [9.17, 15) is 0 Å². The molecule has 0 aliphatic heterocycles. The summed E-state index contributed by atoms with van der Waals surface area (Å²) in [5.74, 6) is 1.58. The number of rotatable bonds is 8. The molecule has 0 spiro atoms. The molecule has 22 heavy (non-hydrogen) atoms. The van der Waals surface area contributed by atoms with Crippen LogP contribution in [-0.2, 0) is 12.8 Å². The van der Waals surface area contributed by atoms with Crippen molar-refractivity contribution in [3.8, 4) is 11.5 Å². The lowest BCUT2D eigenvalue weighted by Gasteiger charge is -2.17. The zero-order valence-electron chi connectivity index (χ0n) is 13.7. The topological polar surface area (TPSA) is 21.7 Å². The van der Waals surface area contributed by atoms with E-state index in [1.807, 2.05) is 6.07 Å². The maximum atomic E-state index is 5.35. The number of methoxy groups -OCH3 is 2. The molecule has 3 heteroatoms. The minimum Gasteiger partial charge on any atom is -0.493 e. The van der Waals surface area contributed by atoms with E-state index in [2.05, 4.69) is 54.4 Å². The van der Waals surface area contributed by atoms with Gasteiger partial charge in [-0.3, -0.25) is 0 Å². The van der Waals surface area contributed by atoms with E-state index in [4.69, 9.17) is 9.47 Å². The van der Waals surface area contributed by atoms with Crippen LogP contribution in [0.5, 0.6) is 11.5 Å². The molecular formula is C19H25NO2. The molecule has 0 amide bonds. The van der Waals surface area contributed by atoms with Crippen LogP contribution in [0.3, 0.4) is 0 Å². The summed E-state index contributed by atoms with van der Waals surface area (Å²) in [4.78, 5) is 2.36. The Morgan fingerprint density at radius 2 is 1.41 bits per heavy atom. The van der Waals surface area contributed by atoms with E-state index in [1.165, 1.54) is 11.1 Å². The highest BCUT2D eigenvalue weighted by Crippen LogP contribution is 2.27. The number of benzene rings is 2. The Morgan fingerprint density at radius 1 is 0.773 bits per heavy atom. The molecule has 2 aromatic carbocycles. The van der Waals surface area contributed by atoms with Crippen LogP contribution in [0.2, 0.25) is 0 Å². The molecule has 0 N–H and O–H groups in total. The van der Waals surface area contributed by atoms with E-state index in [0.717, 1.165) is 37.4 Å². The van der Waals surface area contributed by atoms with Crippen LogP contribution in [0.4, 0.5) is 0 Å². The molecule has 0 heterocycles. The Labute approximate surface area is 133 Å². The first-order chi connectivity index (χ1) is 10.7. The summed E-state index contributed by atoms with van der Waals surface area (Å²) < 4.78 is 10.6. The Bertz CT molecular complexity index is 569. The van der Waals surface area contributed by atoms with Crippen molar-refractivity contribution in [3.63, 3.8) is 0 Å². The first-order valence-electron chi connectivity index (χ1n) is 7.66. The molecule has 0 unspecified atom stereocenters. The number of hydrogen-bond acceptors (Lipinski definition) is 3. The second kappa shape index (κ2) is 8.44. The van der Waals surface area contributed by atoms with E-state index in [1.54, 1.807) is 14.2 Å². The van der Waals surface area contributed by atoms with Gasteiger partial charge in [-0.15, -0.1) is 0 Å². The fraction of sp³-hybridized carbons (Fsp3) is 0.368. The molecule has 2 aromatic rings. The van der Waals surface area contributed by atoms with E-state index in [-0.39, 0.29) is 0 Å². The van der Waals surface area contributed by atoms with Crippen LogP contribution < -0.4 is 9.47 Å². The summed E-state index contributed by atoms with van der Waals surface area (Å²) in [5, 5.41) is 0. The van der Waals surface area contributed by atoms with Crippen LogP contribution in [0, 0.1) is 0 Å². The fourth-order valence-corrected chi connectivity index (χ4v) is 2.43. The lowest BCUT2D eigenvalue weighted by Crippen LogP contribution is -2.23. The molecule has 0 saturated heterocycles. The molecular weight excluding hydrogens is 274 g/mol. The van der Waals surface area contributed by atoms with Crippen molar-refractivity contribution in [2.45, 2.75) is 12.8 Å².